The summed E-state index contributed by atoms with van der Waals surface area (Å²) in [7, 11) is 0. The number of hydrogen-bond donors (Lipinski definition) is 0. The molecule has 7 nitrogen and oxygen atoms in total. The molecule has 14 aromatic rings. The molecule has 0 unspecified atom stereocenters. The highest BCUT2D eigenvalue weighted by Crippen LogP contribution is 2.45. The van der Waals surface area contributed by atoms with Crippen LogP contribution in [0.25, 0.3) is 133 Å². The molecule has 0 aliphatic rings. The Labute approximate surface area is 364 Å². The molecule has 64 heavy (non-hydrogen) atoms. The van der Waals surface area contributed by atoms with E-state index in [1.165, 1.54) is 0 Å². The van der Waals surface area contributed by atoms with Gasteiger partial charge in [-0.05, 0) is 42.0 Å². The summed E-state index contributed by atoms with van der Waals surface area (Å²) in [5.74, 6) is 1.65. The van der Waals surface area contributed by atoms with Crippen molar-refractivity contribution in [2.24, 2.45) is 0 Å². The van der Waals surface area contributed by atoms with Crippen molar-refractivity contribution >= 4 is 87.5 Å². The molecule has 14 rings (SSSR count). The summed E-state index contributed by atoms with van der Waals surface area (Å²) in [5, 5.41) is 8.54. The summed E-state index contributed by atoms with van der Waals surface area (Å²) in [5.41, 5.74) is 12.4. The van der Waals surface area contributed by atoms with Crippen molar-refractivity contribution in [3.63, 3.8) is 0 Å². The number of para-hydroxylation sites is 4. The van der Waals surface area contributed by atoms with Crippen LogP contribution >= 0.6 is 0 Å². The summed E-state index contributed by atoms with van der Waals surface area (Å²) in [4.78, 5) is 16.1. The van der Waals surface area contributed by atoms with E-state index in [-0.39, 0.29) is 0 Å². The van der Waals surface area contributed by atoms with E-state index in [1.54, 1.807) is 0 Å². The molecule has 0 aliphatic heterocycles. The lowest BCUT2D eigenvalue weighted by Crippen LogP contribution is -2.07. The fourth-order valence-electron chi connectivity index (χ4n) is 10.1. The highest BCUT2D eigenvalue weighted by molar-refractivity contribution is 6.25. The number of aromatic nitrogens is 5. The zero-order valence-electron chi connectivity index (χ0n) is 34.1. The lowest BCUT2D eigenvalue weighted by molar-refractivity contribution is 0.669. The van der Waals surface area contributed by atoms with E-state index in [2.05, 4.69) is 155 Å². The average molecular weight is 820 g/mol. The molecule has 0 N–H and O–H groups in total. The van der Waals surface area contributed by atoms with Gasteiger partial charge in [-0.25, -0.2) is 4.98 Å². The number of nitrogens with zero attached hydrogens (tertiary/aromatic N) is 5. The van der Waals surface area contributed by atoms with Crippen molar-refractivity contribution < 1.29 is 8.83 Å². The van der Waals surface area contributed by atoms with E-state index in [1.807, 2.05) is 54.6 Å². The molecular formula is C57H33N5O2. The van der Waals surface area contributed by atoms with E-state index in [0.717, 1.165) is 115 Å². The zero-order valence-corrected chi connectivity index (χ0v) is 34.1. The second-order valence-corrected chi connectivity index (χ2v) is 16.3. The predicted octanol–water partition coefficient (Wildman–Crippen LogP) is 14.9. The topological polar surface area (TPSA) is 74.8 Å². The van der Waals surface area contributed by atoms with Crippen LogP contribution in [0.2, 0.25) is 0 Å². The minimum atomic E-state index is 0.517. The third-order valence-electron chi connectivity index (χ3n) is 12.8. The molecule has 0 amide bonds. The molecule has 0 saturated carbocycles. The Morgan fingerprint density at radius 2 is 0.875 bits per heavy atom. The second-order valence-electron chi connectivity index (χ2n) is 16.3. The van der Waals surface area contributed by atoms with Gasteiger partial charge in [-0.1, -0.05) is 164 Å². The van der Waals surface area contributed by atoms with Crippen molar-refractivity contribution in [2.45, 2.75) is 0 Å². The molecule has 0 radical (unpaired) electrons. The van der Waals surface area contributed by atoms with Gasteiger partial charge in [0.1, 0.15) is 22.3 Å². The first-order valence-corrected chi connectivity index (χ1v) is 21.4. The summed E-state index contributed by atoms with van der Waals surface area (Å²) in [6, 6.07) is 69.5. The van der Waals surface area contributed by atoms with Crippen molar-refractivity contribution in [3.8, 4) is 45.5 Å². The Hall–Kier alpha value is -8.81. The van der Waals surface area contributed by atoms with Gasteiger partial charge < -0.3 is 13.4 Å². The Kier molecular flexibility index (Phi) is 7.27. The smallest absolute Gasteiger partial charge is 0.238 e. The van der Waals surface area contributed by atoms with Gasteiger partial charge in [0.05, 0.1) is 33.1 Å². The number of benzene rings is 9. The monoisotopic (exact) mass is 819 g/mol. The minimum Gasteiger partial charge on any atom is -0.456 e. The Bertz CT molecular complexity index is 4200. The first-order valence-electron chi connectivity index (χ1n) is 21.4. The van der Waals surface area contributed by atoms with Gasteiger partial charge in [-0.15, -0.1) is 0 Å². The molecule has 298 valence electrons. The van der Waals surface area contributed by atoms with Crippen LogP contribution in [0.15, 0.2) is 209 Å². The molecule has 7 heteroatoms. The lowest BCUT2D eigenvalue weighted by atomic mass is 10.0. The molecular weight excluding hydrogens is 787 g/mol. The zero-order chi connectivity index (χ0) is 41.9. The third-order valence-corrected chi connectivity index (χ3v) is 12.8. The van der Waals surface area contributed by atoms with E-state index >= 15 is 0 Å². The lowest BCUT2D eigenvalue weighted by Gasteiger charge is -2.14. The fraction of sp³-hybridized carbons (Fsp3) is 0. The Morgan fingerprint density at radius 1 is 0.328 bits per heavy atom. The minimum absolute atomic E-state index is 0.517. The summed E-state index contributed by atoms with van der Waals surface area (Å²) in [6.45, 7) is 0. The molecule has 0 aliphatic carbocycles. The Morgan fingerprint density at radius 3 is 1.64 bits per heavy atom. The van der Waals surface area contributed by atoms with Crippen molar-refractivity contribution in [3.05, 3.63) is 200 Å². The van der Waals surface area contributed by atoms with E-state index < -0.39 is 0 Å². The molecule has 0 saturated heterocycles. The van der Waals surface area contributed by atoms with Gasteiger partial charge in [-0.3, -0.25) is 4.57 Å². The highest BCUT2D eigenvalue weighted by Gasteiger charge is 2.26. The molecule has 0 atom stereocenters. The van der Waals surface area contributed by atoms with Crippen molar-refractivity contribution in [1.29, 1.82) is 0 Å². The molecule has 0 fully saturated rings. The summed E-state index contributed by atoms with van der Waals surface area (Å²) in [6.07, 6.45) is 0. The van der Waals surface area contributed by atoms with Gasteiger partial charge >= 0.3 is 0 Å². The SMILES string of the molecule is c1ccc(-c2nc(-c3cccc4oc5ccccc5c34)nc(-n3c4ccccc4c4ccc5c6ccccc6n(-c6cccc7oc8c(-c9ccccc9)cccc8c67)c5c43)n2)cc1. The average Bonchev–Trinajstić information content (AvgIpc) is 4.12. The number of fused-ring (bicyclic) bond motifs is 13. The van der Waals surface area contributed by atoms with Gasteiger partial charge in [0, 0.05) is 54.4 Å². The normalized spacial score (nSPS) is 12.1. The van der Waals surface area contributed by atoms with E-state index in [4.69, 9.17) is 23.8 Å². The van der Waals surface area contributed by atoms with Gasteiger partial charge in [0.2, 0.25) is 5.95 Å². The third kappa shape index (κ3) is 4.94. The van der Waals surface area contributed by atoms with Crippen LogP contribution in [0.4, 0.5) is 0 Å². The predicted molar refractivity (Wildman–Crippen MR) is 259 cm³/mol. The fourth-order valence-corrected chi connectivity index (χ4v) is 10.1. The van der Waals surface area contributed by atoms with Crippen LogP contribution in [0, 0.1) is 0 Å². The largest absolute Gasteiger partial charge is 0.456 e. The summed E-state index contributed by atoms with van der Waals surface area (Å²) >= 11 is 0. The van der Waals surface area contributed by atoms with Crippen molar-refractivity contribution in [2.75, 3.05) is 0 Å². The van der Waals surface area contributed by atoms with Crippen molar-refractivity contribution in [1.82, 2.24) is 24.1 Å². The maximum Gasteiger partial charge on any atom is 0.238 e. The van der Waals surface area contributed by atoms with Crippen LogP contribution < -0.4 is 0 Å². The second kappa shape index (κ2) is 13.3. The van der Waals surface area contributed by atoms with E-state index in [0.29, 0.717) is 17.6 Å². The van der Waals surface area contributed by atoms with Gasteiger partial charge in [-0.2, -0.15) is 9.97 Å². The van der Waals surface area contributed by atoms with Gasteiger partial charge in [0.15, 0.2) is 11.6 Å². The quantitative estimate of drug-likeness (QED) is 0.173. The van der Waals surface area contributed by atoms with Crippen LogP contribution in [0.3, 0.4) is 0 Å². The number of rotatable bonds is 5. The Balaban J connectivity index is 1.13. The first kappa shape index (κ1) is 34.9. The van der Waals surface area contributed by atoms with Crippen LogP contribution in [-0.2, 0) is 0 Å². The molecule has 0 bridgehead atoms. The molecule has 0 spiro atoms. The molecule has 5 aromatic heterocycles. The van der Waals surface area contributed by atoms with E-state index in [9.17, 15) is 0 Å². The van der Waals surface area contributed by atoms with Crippen LogP contribution in [0.5, 0.6) is 0 Å². The number of hydrogen-bond acceptors (Lipinski definition) is 5. The number of furan rings is 2. The van der Waals surface area contributed by atoms with Gasteiger partial charge in [0.25, 0.3) is 0 Å². The summed E-state index contributed by atoms with van der Waals surface area (Å²) < 4.78 is 17.9. The van der Waals surface area contributed by atoms with Crippen LogP contribution in [0.1, 0.15) is 0 Å². The maximum absolute atomic E-state index is 6.84. The molecule has 5 heterocycles. The van der Waals surface area contributed by atoms with Crippen LogP contribution in [-0.4, -0.2) is 24.1 Å². The standard InChI is InChI=1S/C57H33N5O2/c1-3-16-34(17-4-1)36-23-13-24-42-51-46(28-15-31-49(51)64-54(36)42)61-44-26-10-7-20-37(44)39-32-33-40-38-21-8-11-27-45(38)62(53(40)52(39)61)57-59-55(35-18-5-2-6-19-35)58-56(60-57)43-25-14-30-48-50(43)41-22-9-12-29-47(41)63-48/h1-33H. The maximum atomic E-state index is 6.84. The molecule has 9 aromatic carbocycles. The first-order chi connectivity index (χ1) is 31.8. The highest BCUT2D eigenvalue weighted by atomic mass is 16.3.